The first kappa shape index (κ1) is 23.1. The minimum Gasteiger partial charge on any atom is -0.451 e. The number of aromatic nitrogens is 2. The number of benzene rings is 1. The summed E-state index contributed by atoms with van der Waals surface area (Å²) < 4.78 is 44.9. The summed E-state index contributed by atoms with van der Waals surface area (Å²) in [6.45, 7) is -0.234. The lowest BCUT2D eigenvalue weighted by molar-refractivity contribution is -0.216. The van der Waals surface area contributed by atoms with Crippen LogP contribution in [-0.4, -0.2) is 39.6 Å². The maximum absolute atomic E-state index is 13.1. The van der Waals surface area contributed by atoms with Crippen molar-refractivity contribution in [3.8, 4) is 11.3 Å². The summed E-state index contributed by atoms with van der Waals surface area (Å²) in [6, 6.07) is 12.4. The van der Waals surface area contributed by atoms with Gasteiger partial charge in [0.15, 0.2) is 0 Å². The van der Waals surface area contributed by atoms with Crippen LogP contribution in [0.1, 0.15) is 42.7 Å². The highest BCUT2D eigenvalue weighted by molar-refractivity contribution is 6.30. The first-order valence-electron chi connectivity index (χ1n) is 10.5. The standard InChI is InChI=1S/C23H21ClF3N3O3/c24-16-8-6-7-15(13-16)18-17-9-2-5-12-30(17)19(29-18)20(31)28-14-22(10-3-1-4-11-22)33-21(32)23(25,26)27/h2,5-9,12-13H,1,3-4,10-11,14H2,(H,28,31). The van der Waals surface area contributed by atoms with E-state index in [-0.39, 0.29) is 25.2 Å². The lowest BCUT2D eigenvalue weighted by Gasteiger charge is -2.36. The van der Waals surface area contributed by atoms with E-state index in [1.165, 1.54) is 0 Å². The van der Waals surface area contributed by atoms with Gasteiger partial charge >= 0.3 is 12.1 Å². The molecular formula is C23H21ClF3N3O3. The van der Waals surface area contributed by atoms with Crippen molar-refractivity contribution in [1.82, 2.24) is 14.7 Å². The molecule has 1 aliphatic rings. The van der Waals surface area contributed by atoms with Crippen LogP contribution in [0.15, 0.2) is 48.7 Å². The Morgan fingerprint density at radius 1 is 1.12 bits per heavy atom. The van der Waals surface area contributed by atoms with Gasteiger partial charge in [0.05, 0.1) is 17.8 Å². The second-order valence-electron chi connectivity index (χ2n) is 8.06. The molecule has 1 aromatic carbocycles. The van der Waals surface area contributed by atoms with Gasteiger partial charge in [-0.3, -0.25) is 9.20 Å². The molecule has 2 heterocycles. The molecule has 0 saturated heterocycles. The molecule has 1 aliphatic carbocycles. The Bertz CT molecular complexity index is 1190. The number of amides is 1. The van der Waals surface area contributed by atoms with Gasteiger partial charge in [0.25, 0.3) is 5.91 Å². The van der Waals surface area contributed by atoms with Gasteiger partial charge in [0.2, 0.25) is 5.82 Å². The highest BCUT2D eigenvalue weighted by Gasteiger charge is 2.47. The zero-order valence-electron chi connectivity index (χ0n) is 17.5. The Kier molecular flexibility index (Phi) is 6.34. The molecule has 1 fully saturated rings. The molecule has 174 valence electrons. The zero-order chi connectivity index (χ0) is 23.6. The van der Waals surface area contributed by atoms with Crippen LogP contribution in [0, 0.1) is 0 Å². The SMILES string of the molecule is O=C(NCC1(OC(=O)C(F)(F)F)CCCCC1)c1nc(-c2cccc(Cl)c2)c2ccccn12. The fourth-order valence-electron chi connectivity index (χ4n) is 4.13. The Hall–Kier alpha value is -3.07. The van der Waals surface area contributed by atoms with E-state index in [1.54, 1.807) is 47.0 Å². The Morgan fingerprint density at radius 2 is 1.88 bits per heavy atom. The monoisotopic (exact) mass is 479 g/mol. The molecule has 0 aliphatic heterocycles. The number of imidazole rings is 1. The average molecular weight is 480 g/mol. The third-order valence-electron chi connectivity index (χ3n) is 5.73. The van der Waals surface area contributed by atoms with E-state index >= 15 is 0 Å². The van der Waals surface area contributed by atoms with Gasteiger partial charge in [-0.05, 0) is 49.9 Å². The molecule has 33 heavy (non-hydrogen) atoms. The predicted octanol–water partition coefficient (Wildman–Crippen LogP) is 5.19. The fourth-order valence-corrected chi connectivity index (χ4v) is 4.32. The first-order chi connectivity index (χ1) is 15.7. The van der Waals surface area contributed by atoms with Gasteiger partial charge in [0.1, 0.15) is 5.60 Å². The molecule has 0 radical (unpaired) electrons. The maximum Gasteiger partial charge on any atom is 0.490 e. The lowest BCUT2D eigenvalue weighted by Crippen LogP contribution is -2.49. The molecule has 3 aromatic rings. The van der Waals surface area contributed by atoms with Crippen molar-refractivity contribution in [2.75, 3.05) is 6.54 Å². The van der Waals surface area contributed by atoms with Crippen molar-refractivity contribution in [3.63, 3.8) is 0 Å². The molecule has 1 saturated carbocycles. The van der Waals surface area contributed by atoms with E-state index in [9.17, 15) is 22.8 Å². The number of ether oxygens (including phenoxy) is 1. The summed E-state index contributed by atoms with van der Waals surface area (Å²) in [5, 5.41) is 3.16. The Balaban J connectivity index is 1.60. The molecule has 4 rings (SSSR count). The van der Waals surface area contributed by atoms with E-state index in [0.717, 1.165) is 6.42 Å². The van der Waals surface area contributed by atoms with Crippen molar-refractivity contribution in [2.24, 2.45) is 0 Å². The van der Waals surface area contributed by atoms with Crippen LogP contribution in [0.5, 0.6) is 0 Å². The quantitative estimate of drug-likeness (QED) is 0.511. The number of alkyl halides is 3. The number of hydrogen-bond acceptors (Lipinski definition) is 4. The second-order valence-corrected chi connectivity index (χ2v) is 8.50. The molecule has 0 bridgehead atoms. The highest BCUT2D eigenvalue weighted by atomic mass is 35.5. The van der Waals surface area contributed by atoms with Gasteiger partial charge in [-0.2, -0.15) is 13.2 Å². The van der Waals surface area contributed by atoms with Crippen molar-refractivity contribution >= 4 is 29.0 Å². The second kappa shape index (κ2) is 9.05. The van der Waals surface area contributed by atoms with Gasteiger partial charge in [-0.1, -0.05) is 36.2 Å². The van der Waals surface area contributed by atoms with Gasteiger partial charge in [0, 0.05) is 16.8 Å². The van der Waals surface area contributed by atoms with Crippen molar-refractivity contribution < 1.29 is 27.5 Å². The number of esters is 1. The molecule has 1 N–H and O–H groups in total. The van der Waals surface area contributed by atoms with Crippen molar-refractivity contribution in [3.05, 3.63) is 59.5 Å². The smallest absolute Gasteiger partial charge is 0.451 e. The number of rotatable bonds is 5. The van der Waals surface area contributed by atoms with E-state index in [1.807, 2.05) is 6.07 Å². The molecule has 10 heteroatoms. The fraction of sp³-hybridized carbons (Fsp3) is 0.348. The first-order valence-corrected chi connectivity index (χ1v) is 10.9. The van der Waals surface area contributed by atoms with Crippen molar-refractivity contribution in [2.45, 2.75) is 43.9 Å². The topological polar surface area (TPSA) is 72.7 Å². The number of nitrogens with one attached hydrogen (secondary N) is 1. The predicted molar refractivity (Wildman–Crippen MR) is 116 cm³/mol. The third-order valence-corrected chi connectivity index (χ3v) is 5.96. The van der Waals surface area contributed by atoms with Crippen LogP contribution in [0.25, 0.3) is 16.8 Å². The van der Waals surface area contributed by atoms with Crippen LogP contribution < -0.4 is 5.32 Å². The molecular weight excluding hydrogens is 459 g/mol. The van der Waals surface area contributed by atoms with E-state index in [0.29, 0.717) is 34.6 Å². The third kappa shape index (κ3) is 4.98. The van der Waals surface area contributed by atoms with E-state index in [2.05, 4.69) is 10.3 Å². The summed E-state index contributed by atoms with van der Waals surface area (Å²) in [7, 11) is 0. The number of fused-ring (bicyclic) bond motifs is 1. The van der Waals surface area contributed by atoms with Crippen LogP contribution in [0.2, 0.25) is 5.02 Å². The number of halogens is 4. The van der Waals surface area contributed by atoms with Crippen molar-refractivity contribution in [1.29, 1.82) is 0 Å². The normalized spacial score (nSPS) is 15.9. The zero-order valence-corrected chi connectivity index (χ0v) is 18.2. The van der Waals surface area contributed by atoms with Crippen LogP contribution in [-0.2, 0) is 9.53 Å². The maximum atomic E-state index is 13.1. The number of carbonyl (C=O) groups is 2. The van der Waals surface area contributed by atoms with E-state index in [4.69, 9.17) is 16.3 Å². The number of carbonyl (C=O) groups excluding carboxylic acids is 2. The highest BCUT2D eigenvalue weighted by Crippen LogP contribution is 2.34. The Labute approximate surface area is 192 Å². The van der Waals surface area contributed by atoms with Gasteiger partial charge in [-0.15, -0.1) is 0 Å². The minimum absolute atomic E-state index is 0.0636. The molecule has 1 amide bonds. The van der Waals surface area contributed by atoms with Gasteiger partial charge < -0.3 is 10.1 Å². The van der Waals surface area contributed by atoms with Crippen LogP contribution in [0.4, 0.5) is 13.2 Å². The Morgan fingerprint density at radius 3 is 2.58 bits per heavy atom. The summed E-state index contributed by atoms with van der Waals surface area (Å²) >= 11 is 6.10. The lowest BCUT2D eigenvalue weighted by atomic mass is 9.84. The molecule has 0 atom stereocenters. The van der Waals surface area contributed by atoms with Gasteiger partial charge in [-0.25, -0.2) is 9.78 Å². The number of hydrogen-bond donors (Lipinski definition) is 1. The summed E-state index contributed by atoms with van der Waals surface area (Å²) in [5.41, 5.74) is 0.525. The van der Waals surface area contributed by atoms with Crippen LogP contribution in [0.3, 0.4) is 0 Å². The summed E-state index contributed by atoms with van der Waals surface area (Å²) in [4.78, 5) is 29.1. The minimum atomic E-state index is -5.10. The van der Waals surface area contributed by atoms with E-state index < -0.39 is 23.7 Å². The number of pyridine rings is 1. The summed E-state index contributed by atoms with van der Waals surface area (Å²) in [5.74, 6) is -2.76. The molecule has 6 nitrogen and oxygen atoms in total. The van der Waals surface area contributed by atoms with Crippen LogP contribution >= 0.6 is 11.6 Å². The molecule has 2 aromatic heterocycles. The average Bonchev–Trinajstić information content (AvgIpc) is 3.17. The number of nitrogens with zero attached hydrogens (tertiary/aromatic N) is 2. The molecule has 0 spiro atoms. The largest absolute Gasteiger partial charge is 0.490 e. The molecule has 0 unspecified atom stereocenters. The summed E-state index contributed by atoms with van der Waals surface area (Å²) in [6.07, 6.45) is -0.910.